The minimum absolute atomic E-state index is 0.0371. The van der Waals surface area contributed by atoms with E-state index in [4.69, 9.17) is 0 Å². The van der Waals surface area contributed by atoms with Gasteiger partial charge in [0.15, 0.2) is 0 Å². The molecule has 4 heterocycles. The van der Waals surface area contributed by atoms with Crippen molar-refractivity contribution in [2.45, 2.75) is 50.8 Å². The molecule has 4 atom stereocenters. The number of hydrogen-bond acceptors (Lipinski definition) is 8. The average Bonchev–Trinajstić information content (AvgIpc) is 3.16. The third-order valence-corrected chi connectivity index (χ3v) is 6.85. The normalized spacial score (nSPS) is 29.6. The van der Waals surface area contributed by atoms with E-state index < -0.39 is 0 Å². The fraction of sp³-hybridized carbons (Fsp3) is 0.636. The zero-order valence-electron chi connectivity index (χ0n) is 17.4. The van der Waals surface area contributed by atoms with Crippen molar-refractivity contribution in [3.8, 4) is 0 Å². The molecule has 2 N–H and O–H groups in total. The molecule has 1 aliphatic carbocycles. The number of nitrogens with one attached hydrogen (secondary N) is 1. The van der Waals surface area contributed by atoms with Crippen molar-refractivity contribution in [1.82, 2.24) is 24.8 Å². The van der Waals surface area contributed by atoms with Crippen molar-refractivity contribution in [1.29, 1.82) is 0 Å². The van der Waals surface area contributed by atoms with E-state index >= 15 is 0 Å². The highest BCUT2D eigenvalue weighted by Crippen LogP contribution is 2.37. The summed E-state index contributed by atoms with van der Waals surface area (Å²) in [5, 5.41) is 14.0. The van der Waals surface area contributed by atoms with Crippen LogP contribution in [0.2, 0.25) is 0 Å². The van der Waals surface area contributed by atoms with Crippen LogP contribution >= 0.6 is 0 Å². The lowest BCUT2D eigenvalue weighted by Gasteiger charge is -2.35. The number of rotatable bonds is 5. The lowest BCUT2D eigenvalue weighted by Crippen LogP contribution is -2.43. The summed E-state index contributed by atoms with van der Waals surface area (Å²) in [4.78, 5) is 22.4. The third kappa shape index (κ3) is 4.39. The number of hydrogen-bond donors (Lipinski definition) is 2. The molecule has 0 unspecified atom stereocenters. The van der Waals surface area contributed by atoms with Gasteiger partial charge in [-0.2, -0.15) is 0 Å². The first-order valence-corrected chi connectivity index (χ1v) is 11.2. The van der Waals surface area contributed by atoms with E-state index in [1.54, 1.807) is 18.6 Å². The van der Waals surface area contributed by atoms with Crippen molar-refractivity contribution in [2.24, 2.45) is 11.8 Å². The molecule has 0 aromatic carbocycles. The molecule has 2 saturated heterocycles. The Bertz CT molecular complexity index is 812. The summed E-state index contributed by atoms with van der Waals surface area (Å²) >= 11 is 0. The summed E-state index contributed by atoms with van der Waals surface area (Å²) in [6, 6.07) is 0.0371. The second-order valence-corrected chi connectivity index (χ2v) is 9.03. The molecule has 3 fully saturated rings. The van der Waals surface area contributed by atoms with Crippen LogP contribution in [0.5, 0.6) is 0 Å². The van der Waals surface area contributed by atoms with Gasteiger partial charge < -0.3 is 15.3 Å². The van der Waals surface area contributed by atoms with E-state index in [0.29, 0.717) is 11.8 Å². The Morgan fingerprint density at radius 3 is 2.43 bits per heavy atom. The van der Waals surface area contributed by atoms with Gasteiger partial charge in [-0.3, -0.25) is 9.88 Å². The molecule has 30 heavy (non-hydrogen) atoms. The number of piperidine rings is 1. The van der Waals surface area contributed by atoms with Gasteiger partial charge in [0.1, 0.15) is 5.82 Å². The summed E-state index contributed by atoms with van der Waals surface area (Å²) in [5.41, 5.74) is 1.17. The SMILES string of the molecule is O[C@@H]1C[C@H]2CN(Cc3cnc(N4CCCCC4)nc3)C[C@H]2C[C@H]1Nc1cnccn1. The van der Waals surface area contributed by atoms with Crippen molar-refractivity contribution in [2.75, 3.05) is 36.4 Å². The third-order valence-electron chi connectivity index (χ3n) is 6.85. The number of aliphatic hydroxyl groups is 1. The van der Waals surface area contributed by atoms with Crippen LogP contribution in [0.3, 0.4) is 0 Å². The van der Waals surface area contributed by atoms with E-state index in [1.165, 1.54) is 24.8 Å². The molecule has 2 aromatic heterocycles. The predicted octanol–water partition coefficient (Wildman–Crippen LogP) is 1.94. The Balaban J connectivity index is 1.16. The summed E-state index contributed by atoms with van der Waals surface area (Å²) in [7, 11) is 0. The summed E-state index contributed by atoms with van der Waals surface area (Å²) in [6.45, 7) is 5.12. The van der Waals surface area contributed by atoms with Crippen LogP contribution in [0.25, 0.3) is 0 Å². The van der Waals surface area contributed by atoms with Gasteiger partial charge in [0.2, 0.25) is 5.95 Å². The standard InChI is InChI=1S/C22H31N7O/c30-20-9-18-15-28(14-17(18)8-19(20)27-21-12-23-4-5-24-21)13-16-10-25-22(26-11-16)29-6-2-1-3-7-29/h4-5,10-12,17-20,30H,1-3,6-9,13-15H2,(H,24,27)/t17-,18+,19-,20-/m1/s1. The van der Waals surface area contributed by atoms with Crippen LogP contribution < -0.4 is 10.2 Å². The highest BCUT2D eigenvalue weighted by molar-refractivity contribution is 5.32. The van der Waals surface area contributed by atoms with Gasteiger partial charge in [0, 0.05) is 63.1 Å². The molecule has 5 rings (SSSR count). The Morgan fingerprint density at radius 2 is 1.70 bits per heavy atom. The molecule has 3 aliphatic rings. The molecule has 8 heteroatoms. The number of fused-ring (bicyclic) bond motifs is 1. The van der Waals surface area contributed by atoms with Crippen LogP contribution in [0.1, 0.15) is 37.7 Å². The van der Waals surface area contributed by atoms with E-state index in [-0.39, 0.29) is 12.1 Å². The van der Waals surface area contributed by atoms with Crippen LogP contribution in [0, 0.1) is 11.8 Å². The van der Waals surface area contributed by atoms with Crippen LogP contribution in [0.15, 0.2) is 31.0 Å². The molecule has 1 saturated carbocycles. The fourth-order valence-corrected chi connectivity index (χ4v) is 5.32. The largest absolute Gasteiger partial charge is 0.391 e. The topological polar surface area (TPSA) is 90.3 Å². The average molecular weight is 410 g/mol. The quantitative estimate of drug-likeness (QED) is 0.774. The fourth-order valence-electron chi connectivity index (χ4n) is 5.32. The lowest BCUT2D eigenvalue weighted by atomic mass is 9.77. The molecule has 2 aliphatic heterocycles. The van der Waals surface area contributed by atoms with E-state index in [0.717, 1.165) is 57.3 Å². The Morgan fingerprint density at radius 1 is 0.933 bits per heavy atom. The van der Waals surface area contributed by atoms with Crippen molar-refractivity contribution in [3.63, 3.8) is 0 Å². The molecular formula is C22H31N7O. The predicted molar refractivity (Wildman–Crippen MR) is 115 cm³/mol. The Hall–Kier alpha value is -2.32. The van der Waals surface area contributed by atoms with Crippen molar-refractivity contribution < 1.29 is 5.11 Å². The first kappa shape index (κ1) is 19.6. The maximum Gasteiger partial charge on any atom is 0.225 e. The molecule has 0 amide bonds. The molecule has 8 nitrogen and oxygen atoms in total. The van der Waals surface area contributed by atoms with Gasteiger partial charge in [-0.15, -0.1) is 0 Å². The summed E-state index contributed by atoms with van der Waals surface area (Å²) < 4.78 is 0. The second kappa shape index (κ2) is 8.81. The van der Waals surface area contributed by atoms with E-state index in [2.05, 4.69) is 35.1 Å². The number of aliphatic hydroxyl groups excluding tert-OH is 1. The minimum atomic E-state index is -0.347. The van der Waals surface area contributed by atoms with Gasteiger partial charge >= 0.3 is 0 Å². The number of aromatic nitrogens is 4. The van der Waals surface area contributed by atoms with Gasteiger partial charge in [-0.05, 0) is 43.9 Å². The zero-order chi connectivity index (χ0) is 20.3. The molecule has 0 radical (unpaired) electrons. The number of likely N-dealkylation sites (tertiary alicyclic amines) is 1. The van der Waals surface area contributed by atoms with Gasteiger partial charge in [0.05, 0.1) is 18.3 Å². The van der Waals surface area contributed by atoms with Crippen LogP contribution in [-0.2, 0) is 6.54 Å². The Labute approximate surface area is 177 Å². The molecule has 0 spiro atoms. The van der Waals surface area contributed by atoms with Gasteiger partial charge in [0.25, 0.3) is 0 Å². The molecule has 0 bridgehead atoms. The summed E-state index contributed by atoms with van der Waals surface area (Å²) in [5.74, 6) is 2.75. The smallest absolute Gasteiger partial charge is 0.225 e. The zero-order valence-corrected chi connectivity index (χ0v) is 17.4. The molecule has 160 valence electrons. The number of anilines is 2. The van der Waals surface area contributed by atoms with Crippen molar-refractivity contribution >= 4 is 11.8 Å². The monoisotopic (exact) mass is 409 g/mol. The highest BCUT2D eigenvalue weighted by atomic mass is 16.3. The minimum Gasteiger partial charge on any atom is -0.391 e. The van der Waals surface area contributed by atoms with Crippen LogP contribution in [0.4, 0.5) is 11.8 Å². The first-order chi connectivity index (χ1) is 14.7. The Kier molecular flexibility index (Phi) is 5.77. The van der Waals surface area contributed by atoms with E-state index in [9.17, 15) is 5.11 Å². The van der Waals surface area contributed by atoms with Crippen molar-refractivity contribution in [3.05, 3.63) is 36.5 Å². The highest BCUT2D eigenvalue weighted by Gasteiger charge is 2.41. The second-order valence-electron chi connectivity index (χ2n) is 9.03. The maximum atomic E-state index is 10.7. The van der Waals surface area contributed by atoms with Gasteiger partial charge in [-0.25, -0.2) is 15.0 Å². The molecular weight excluding hydrogens is 378 g/mol. The van der Waals surface area contributed by atoms with Crippen LogP contribution in [-0.4, -0.2) is 68.3 Å². The number of nitrogens with zero attached hydrogens (tertiary/aromatic N) is 6. The van der Waals surface area contributed by atoms with E-state index in [1.807, 2.05) is 12.4 Å². The first-order valence-electron chi connectivity index (χ1n) is 11.2. The maximum absolute atomic E-state index is 10.7. The van der Waals surface area contributed by atoms with Gasteiger partial charge in [-0.1, -0.05) is 0 Å². The lowest BCUT2D eigenvalue weighted by molar-refractivity contribution is 0.0735. The molecule has 2 aromatic rings. The summed E-state index contributed by atoms with van der Waals surface area (Å²) in [6.07, 6.45) is 14.3.